The Kier molecular flexibility index (Phi) is 7.81. The third-order valence-electron chi connectivity index (χ3n) is 6.13. The second-order valence-electron chi connectivity index (χ2n) is 10.7. The van der Waals surface area contributed by atoms with Crippen LogP contribution in [0.2, 0.25) is 0 Å². The van der Waals surface area contributed by atoms with E-state index in [1.165, 1.54) is 11.1 Å². The molecule has 2 aromatic rings. The molecule has 1 heterocycles. The summed E-state index contributed by atoms with van der Waals surface area (Å²) in [6.07, 6.45) is 1.73. The molecular formula is C26H36LiO4P. The third kappa shape index (κ3) is 5.31. The summed E-state index contributed by atoms with van der Waals surface area (Å²) < 4.78 is 24.5. The Balaban J connectivity index is 0.00000363. The van der Waals surface area contributed by atoms with Gasteiger partial charge in [0, 0.05) is 28.2 Å². The van der Waals surface area contributed by atoms with E-state index >= 15 is 0 Å². The second-order valence-corrected chi connectivity index (χ2v) is 11.9. The summed E-state index contributed by atoms with van der Waals surface area (Å²) in [5.41, 5.74) is 5.36. The molecule has 3 rings (SSSR count). The minimum atomic E-state index is -4.64. The molecule has 0 aliphatic carbocycles. The molecule has 0 unspecified atom stereocenters. The van der Waals surface area contributed by atoms with E-state index in [9.17, 15) is 9.46 Å². The summed E-state index contributed by atoms with van der Waals surface area (Å²) >= 11 is 0. The minimum absolute atomic E-state index is 0. The van der Waals surface area contributed by atoms with Crippen LogP contribution in [0, 0.1) is 0 Å². The number of benzene rings is 2. The molecule has 0 atom stereocenters. The van der Waals surface area contributed by atoms with Crippen LogP contribution in [0.3, 0.4) is 0 Å². The number of phosphoric ester groups is 1. The van der Waals surface area contributed by atoms with Gasteiger partial charge >= 0.3 is 26.7 Å². The van der Waals surface area contributed by atoms with Crippen molar-refractivity contribution in [3.8, 4) is 11.5 Å². The molecule has 0 radical (unpaired) electrons. The SMILES string of the molecule is CCc1cc2c(c(C(C)(C)C)c1)OP(=O)([O-])Oc1c(cc(CC)cc1C(C)(C)C)C2C.[Li+]. The van der Waals surface area contributed by atoms with Gasteiger partial charge in [-0.1, -0.05) is 86.6 Å². The number of rotatable bonds is 2. The zero-order valence-electron chi connectivity index (χ0n) is 21.4. The maximum Gasteiger partial charge on any atom is 1.00 e. The van der Waals surface area contributed by atoms with Gasteiger partial charge in [-0.25, -0.2) is 4.57 Å². The first kappa shape index (κ1) is 27.1. The average molecular weight is 450 g/mol. The van der Waals surface area contributed by atoms with Gasteiger partial charge in [0.05, 0.1) is 0 Å². The first-order valence-electron chi connectivity index (χ1n) is 11.2. The number of fused-ring (bicyclic) bond motifs is 2. The molecule has 0 saturated carbocycles. The number of phosphoric acid groups is 1. The Morgan fingerprint density at radius 1 is 0.812 bits per heavy atom. The Morgan fingerprint density at radius 2 is 1.16 bits per heavy atom. The van der Waals surface area contributed by atoms with Gasteiger partial charge in [-0.2, -0.15) is 0 Å². The molecule has 0 fully saturated rings. The topological polar surface area (TPSA) is 58.6 Å². The van der Waals surface area contributed by atoms with Gasteiger partial charge in [-0.15, -0.1) is 0 Å². The van der Waals surface area contributed by atoms with Gasteiger partial charge in [0.15, 0.2) is 0 Å². The van der Waals surface area contributed by atoms with Crippen LogP contribution in [-0.2, 0) is 28.2 Å². The number of hydrogen-bond donors (Lipinski definition) is 0. The molecule has 32 heavy (non-hydrogen) atoms. The normalized spacial score (nSPS) is 20.6. The fourth-order valence-corrected chi connectivity index (χ4v) is 5.10. The fourth-order valence-electron chi connectivity index (χ4n) is 4.21. The molecule has 0 aromatic heterocycles. The predicted molar refractivity (Wildman–Crippen MR) is 125 cm³/mol. The maximum absolute atomic E-state index is 13.1. The van der Waals surface area contributed by atoms with Crippen molar-refractivity contribution in [2.24, 2.45) is 0 Å². The molecule has 0 bridgehead atoms. The summed E-state index contributed by atoms with van der Waals surface area (Å²) in [4.78, 5) is 13.1. The molecular weight excluding hydrogens is 414 g/mol. The Morgan fingerprint density at radius 3 is 1.44 bits per heavy atom. The fraction of sp³-hybridized carbons (Fsp3) is 0.538. The van der Waals surface area contributed by atoms with Crippen molar-refractivity contribution < 1.29 is 37.4 Å². The van der Waals surface area contributed by atoms with Crippen LogP contribution in [0.4, 0.5) is 0 Å². The van der Waals surface area contributed by atoms with E-state index in [0.717, 1.165) is 35.1 Å². The standard InChI is InChI=1S/C26H37O4P.Li/c1-10-17-12-19-16(3)20-13-18(11-2)15-22(26(7,8)9)24(20)30-31(27,28)29-23(19)21(14-17)25(4,5)6;/h12-16H,10-11H2,1-9H3,(H,27,28);/q;+1/p-1. The van der Waals surface area contributed by atoms with Gasteiger partial charge < -0.3 is 13.9 Å². The van der Waals surface area contributed by atoms with Gasteiger partial charge in [0.25, 0.3) is 0 Å². The number of hydrogen-bond acceptors (Lipinski definition) is 4. The largest absolute Gasteiger partial charge is 1.00 e. The van der Waals surface area contributed by atoms with Crippen molar-refractivity contribution in [1.29, 1.82) is 0 Å². The average Bonchev–Trinajstić information content (AvgIpc) is 2.64. The molecule has 170 valence electrons. The molecule has 1 aliphatic heterocycles. The second kappa shape index (κ2) is 9.23. The molecule has 6 heteroatoms. The minimum Gasteiger partial charge on any atom is -0.736 e. The van der Waals surface area contributed by atoms with E-state index in [2.05, 4.69) is 86.6 Å². The first-order chi connectivity index (χ1) is 14.2. The zero-order chi connectivity index (χ0) is 23.4. The van der Waals surface area contributed by atoms with Crippen molar-refractivity contribution in [1.82, 2.24) is 0 Å². The van der Waals surface area contributed by atoms with E-state index in [4.69, 9.17) is 9.05 Å². The van der Waals surface area contributed by atoms with Crippen LogP contribution < -0.4 is 32.8 Å². The smallest absolute Gasteiger partial charge is 0.736 e. The Labute approximate surface area is 205 Å². The van der Waals surface area contributed by atoms with Crippen LogP contribution in [0.5, 0.6) is 11.5 Å². The molecule has 1 aliphatic rings. The van der Waals surface area contributed by atoms with E-state index < -0.39 is 7.82 Å². The van der Waals surface area contributed by atoms with Gasteiger partial charge in [-0.3, -0.25) is 0 Å². The first-order valence-corrected chi connectivity index (χ1v) is 12.7. The van der Waals surface area contributed by atoms with Gasteiger partial charge in [0.2, 0.25) is 0 Å². The zero-order valence-corrected chi connectivity index (χ0v) is 22.3. The summed E-state index contributed by atoms with van der Waals surface area (Å²) in [6, 6.07) is 8.33. The predicted octanol–water partition coefficient (Wildman–Crippen LogP) is 3.80. The van der Waals surface area contributed by atoms with Crippen molar-refractivity contribution in [2.75, 3.05) is 0 Å². The van der Waals surface area contributed by atoms with Gasteiger partial charge in [-0.05, 0) is 34.8 Å². The van der Waals surface area contributed by atoms with Crippen LogP contribution in [0.15, 0.2) is 24.3 Å². The maximum atomic E-state index is 13.1. The summed E-state index contributed by atoms with van der Waals surface area (Å²) in [6.45, 7) is 18.8. The van der Waals surface area contributed by atoms with Crippen molar-refractivity contribution in [3.63, 3.8) is 0 Å². The number of aryl methyl sites for hydroxylation is 2. The Bertz CT molecular complexity index is 968. The van der Waals surface area contributed by atoms with Crippen molar-refractivity contribution in [2.45, 2.75) is 91.9 Å². The molecule has 0 N–H and O–H groups in total. The van der Waals surface area contributed by atoms with E-state index in [1.54, 1.807) is 0 Å². The summed E-state index contributed by atoms with van der Waals surface area (Å²) in [7, 11) is -4.64. The molecule has 2 aromatic carbocycles. The monoisotopic (exact) mass is 450 g/mol. The van der Waals surface area contributed by atoms with E-state index in [1.807, 2.05) is 0 Å². The quantitative estimate of drug-likeness (QED) is 0.516. The Hall–Kier alpha value is -1.17. The van der Waals surface area contributed by atoms with Crippen LogP contribution in [0.25, 0.3) is 0 Å². The van der Waals surface area contributed by atoms with E-state index in [-0.39, 0.29) is 35.6 Å². The van der Waals surface area contributed by atoms with Gasteiger partial charge in [0.1, 0.15) is 11.5 Å². The summed E-state index contributed by atoms with van der Waals surface area (Å²) in [5, 5.41) is 0. The van der Waals surface area contributed by atoms with Crippen LogP contribution >= 0.6 is 7.82 Å². The molecule has 4 nitrogen and oxygen atoms in total. The molecule has 0 amide bonds. The van der Waals surface area contributed by atoms with Crippen LogP contribution in [0.1, 0.15) is 102 Å². The van der Waals surface area contributed by atoms with Crippen LogP contribution in [-0.4, -0.2) is 0 Å². The summed E-state index contributed by atoms with van der Waals surface area (Å²) in [5.74, 6) is 0.756. The van der Waals surface area contributed by atoms with Crippen molar-refractivity contribution in [3.05, 3.63) is 57.6 Å². The van der Waals surface area contributed by atoms with E-state index in [0.29, 0.717) is 11.5 Å². The van der Waals surface area contributed by atoms with Crippen molar-refractivity contribution >= 4 is 7.82 Å². The molecule has 0 spiro atoms. The molecule has 0 saturated heterocycles. The third-order valence-corrected chi connectivity index (χ3v) is 6.94.